The molecule has 0 saturated heterocycles. The van der Waals surface area contributed by atoms with Gasteiger partial charge in [0.15, 0.2) is 0 Å². The van der Waals surface area contributed by atoms with E-state index in [0.717, 1.165) is 10.5 Å². The van der Waals surface area contributed by atoms with Crippen molar-refractivity contribution in [1.29, 1.82) is 0 Å². The number of carboxylic acid groups (broad SMARTS) is 1. The van der Waals surface area contributed by atoms with Gasteiger partial charge < -0.3 is 5.11 Å². The molecule has 1 heterocycles. The molecule has 0 saturated carbocycles. The van der Waals surface area contributed by atoms with Gasteiger partial charge in [0, 0.05) is 15.1 Å². The lowest BCUT2D eigenvalue weighted by atomic mass is 10.3. The monoisotopic (exact) mass is 333 g/mol. The average molecular weight is 335 g/mol. The van der Waals surface area contributed by atoms with Crippen molar-refractivity contribution in [2.24, 2.45) is 0 Å². The van der Waals surface area contributed by atoms with Crippen LogP contribution < -0.4 is 0 Å². The summed E-state index contributed by atoms with van der Waals surface area (Å²) in [6.07, 6.45) is 3.85. The Morgan fingerprint density at radius 1 is 1.40 bits per heavy atom. The Balaban J connectivity index is 2.90. The Labute approximate surface area is 102 Å². The fourth-order valence-electron chi connectivity index (χ4n) is 0.774. The van der Waals surface area contributed by atoms with Crippen LogP contribution in [0, 0.1) is 0 Å². The molecule has 0 atom stereocenters. The number of carbonyl (C=O) groups excluding carboxylic acids is 1. The summed E-state index contributed by atoms with van der Waals surface area (Å²) in [4.78, 5) is 25.0. The highest BCUT2D eigenvalue weighted by atomic mass is 79.9. The first-order chi connectivity index (χ1) is 7.00. The maximum absolute atomic E-state index is 10.8. The van der Waals surface area contributed by atoms with E-state index in [-0.39, 0.29) is 0 Å². The molecule has 0 fully saturated rings. The molecule has 0 aliphatic heterocycles. The Bertz CT molecular complexity index is 443. The number of carbonyl (C=O) groups is 2. The molecule has 1 aromatic heterocycles. The summed E-state index contributed by atoms with van der Waals surface area (Å²) in [7, 11) is 0. The molecule has 1 N–H and O–H groups in total. The Hall–Kier alpha value is -1.01. The lowest BCUT2D eigenvalue weighted by molar-refractivity contribution is -0.146. The Kier molecular flexibility index (Phi) is 4.16. The molecule has 1 aromatic rings. The second-order valence-electron chi connectivity index (χ2n) is 2.52. The van der Waals surface area contributed by atoms with Crippen LogP contribution in [0.2, 0.25) is 0 Å². The summed E-state index contributed by atoms with van der Waals surface area (Å²) in [5.41, 5.74) is 0.493. The zero-order valence-electron chi connectivity index (χ0n) is 7.28. The number of pyridine rings is 1. The number of carboxylic acids is 1. The number of ketones is 1. The van der Waals surface area contributed by atoms with Crippen molar-refractivity contribution in [2.75, 3.05) is 0 Å². The first-order valence-electron chi connectivity index (χ1n) is 3.77. The molecular weight excluding hydrogens is 330 g/mol. The first kappa shape index (κ1) is 12.1. The van der Waals surface area contributed by atoms with Crippen LogP contribution in [-0.4, -0.2) is 21.8 Å². The van der Waals surface area contributed by atoms with Gasteiger partial charge in [-0.05, 0) is 50.1 Å². The van der Waals surface area contributed by atoms with Gasteiger partial charge in [-0.15, -0.1) is 0 Å². The lowest BCUT2D eigenvalue weighted by Crippen LogP contribution is -2.08. The van der Waals surface area contributed by atoms with Gasteiger partial charge in [-0.25, -0.2) is 4.79 Å². The third kappa shape index (κ3) is 3.56. The van der Waals surface area contributed by atoms with Gasteiger partial charge in [0.05, 0.1) is 5.69 Å². The molecule has 0 aliphatic rings. The molecule has 0 spiro atoms. The number of hydrogen-bond acceptors (Lipinski definition) is 3. The standard InChI is InChI=1S/C9H5Br2NO3/c10-5-3-6(11)7(12-4-5)1-2-8(13)9(14)15/h1-4H,(H,14,15)/b2-1+. The highest BCUT2D eigenvalue weighted by molar-refractivity contribution is 9.11. The molecule has 78 valence electrons. The minimum Gasteiger partial charge on any atom is -0.475 e. The van der Waals surface area contributed by atoms with E-state index in [9.17, 15) is 9.59 Å². The van der Waals surface area contributed by atoms with E-state index in [1.807, 2.05) is 0 Å². The smallest absolute Gasteiger partial charge is 0.376 e. The topological polar surface area (TPSA) is 67.3 Å². The summed E-state index contributed by atoms with van der Waals surface area (Å²) in [5, 5.41) is 8.33. The van der Waals surface area contributed by atoms with E-state index in [1.54, 1.807) is 12.3 Å². The largest absolute Gasteiger partial charge is 0.475 e. The minimum atomic E-state index is -1.49. The van der Waals surface area contributed by atoms with E-state index < -0.39 is 11.8 Å². The number of halogens is 2. The van der Waals surface area contributed by atoms with E-state index in [2.05, 4.69) is 36.8 Å². The molecule has 0 radical (unpaired) electrons. The maximum Gasteiger partial charge on any atom is 0.376 e. The van der Waals surface area contributed by atoms with Gasteiger partial charge in [0.2, 0.25) is 0 Å². The fourth-order valence-corrected chi connectivity index (χ4v) is 1.89. The van der Waals surface area contributed by atoms with Crippen molar-refractivity contribution < 1.29 is 14.7 Å². The SMILES string of the molecule is O=C(O)C(=O)/C=C/c1ncc(Br)cc1Br. The van der Waals surface area contributed by atoms with Gasteiger partial charge in [0.25, 0.3) is 5.78 Å². The van der Waals surface area contributed by atoms with Crippen LogP contribution in [0.25, 0.3) is 6.08 Å². The molecule has 0 unspecified atom stereocenters. The Morgan fingerprint density at radius 2 is 2.07 bits per heavy atom. The van der Waals surface area contributed by atoms with Crippen LogP contribution in [0.3, 0.4) is 0 Å². The fraction of sp³-hybridized carbons (Fsp3) is 0. The second-order valence-corrected chi connectivity index (χ2v) is 4.29. The summed E-state index contributed by atoms with van der Waals surface area (Å²) in [5.74, 6) is -2.47. The maximum atomic E-state index is 10.8. The lowest BCUT2D eigenvalue weighted by Gasteiger charge is -1.97. The molecule has 1 rings (SSSR count). The molecule has 15 heavy (non-hydrogen) atoms. The predicted octanol–water partition coefficient (Wildman–Crippen LogP) is 2.27. The van der Waals surface area contributed by atoms with Crippen molar-refractivity contribution in [3.63, 3.8) is 0 Å². The number of hydrogen-bond donors (Lipinski definition) is 1. The van der Waals surface area contributed by atoms with Crippen LogP contribution in [0.5, 0.6) is 0 Å². The zero-order chi connectivity index (χ0) is 11.4. The molecule has 0 amide bonds. The molecule has 0 aromatic carbocycles. The highest BCUT2D eigenvalue weighted by Crippen LogP contribution is 2.20. The molecule has 0 bridgehead atoms. The number of aliphatic carboxylic acids is 1. The van der Waals surface area contributed by atoms with E-state index in [4.69, 9.17) is 5.11 Å². The minimum absolute atomic E-state index is 0.493. The zero-order valence-corrected chi connectivity index (χ0v) is 10.4. The average Bonchev–Trinajstić information content (AvgIpc) is 2.15. The second kappa shape index (κ2) is 5.18. The van der Waals surface area contributed by atoms with E-state index in [0.29, 0.717) is 10.2 Å². The van der Waals surface area contributed by atoms with E-state index >= 15 is 0 Å². The van der Waals surface area contributed by atoms with Gasteiger partial charge >= 0.3 is 5.97 Å². The third-order valence-corrected chi connectivity index (χ3v) is 2.51. The van der Waals surface area contributed by atoms with Crippen molar-refractivity contribution in [2.45, 2.75) is 0 Å². The summed E-state index contributed by atoms with van der Waals surface area (Å²) in [6, 6.07) is 1.75. The summed E-state index contributed by atoms with van der Waals surface area (Å²) < 4.78 is 1.46. The number of aromatic nitrogens is 1. The van der Waals surface area contributed by atoms with Crippen molar-refractivity contribution in [1.82, 2.24) is 4.98 Å². The normalized spacial score (nSPS) is 10.5. The predicted molar refractivity (Wildman–Crippen MR) is 61.3 cm³/mol. The highest BCUT2D eigenvalue weighted by Gasteiger charge is 2.06. The third-order valence-electron chi connectivity index (χ3n) is 1.44. The van der Waals surface area contributed by atoms with Crippen LogP contribution in [0.1, 0.15) is 5.69 Å². The van der Waals surface area contributed by atoms with Crippen molar-refractivity contribution in [3.05, 3.63) is 33.0 Å². The Morgan fingerprint density at radius 3 is 2.60 bits per heavy atom. The first-order valence-corrected chi connectivity index (χ1v) is 5.35. The molecular formula is C9H5Br2NO3. The van der Waals surface area contributed by atoms with Gasteiger partial charge in [0.1, 0.15) is 0 Å². The van der Waals surface area contributed by atoms with Crippen LogP contribution >= 0.6 is 31.9 Å². The van der Waals surface area contributed by atoms with Crippen molar-refractivity contribution >= 4 is 49.7 Å². The van der Waals surface area contributed by atoms with E-state index in [1.165, 1.54) is 6.08 Å². The van der Waals surface area contributed by atoms with Crippen LogP contribution in [0.15, 0.2) is 27.3 Å². The summed E-state index contributed by atoms with van der Waals surface area (Å²) >= 11 is 6.45. The van der Waals surface area contributed by atoms with Crippen LogP contribution in [-0.2, 0) is 9.59 Å². The number of nitrogens with zero attached hydrogens (tertiary/aromatic N) is 1. The quantitative estimate of drug-likeness (QED) is 0.680. The van der Waals surface area contributed by atoms with Gasteiger partial charge in [-0.2, -0.15) is 0 Å². The molecule has 6 heteroatoms. The van der Waals surface area contributed by atoms with Gasteiger partial charge in [-0.1, -0.05) is 0 Å². The molecule has 0 aliphatic carbocycles. The van der Waals surface area contributed by atoms with Crippen molar-refractivity contribution in [3.8, 4) is 0 Å². The molecule has 4 nitrogen and oxygen atoms in total. The summed E-state index contributed by atoms with van der Waals surface area (Å²) in [6.45, 7) is 0. The van der Waals surface area contributed by atoms with Crippen LogP contribution in [0.4, 0.5) is 0 Å². The number of rotatable bonds is 3. The van der Waals surface area contributed by atoms with Gasteiger partial charge in [-0.3, -0.25) is 9.78 Å².